The number of hydrogen-bond donors (Lipinski definition) is 0. The minimum Gasteiger partial charge on any atom is -0.340 e. The highest BCUT2D eigenvalue weighted by Crippen LogP contribution is 2.20. The summed E-state index contributed by atoms with van der Waals surface area (Å²) in [4.78, 5) is 14.8. The van der Waals surface area contributed by atoms with E-state index < -0.39 is 0 Å². The van der Waals surface area contributed by atoms with Crippen molar-refractivity contribution in [2.45, 2.75) is 57.9 Å². The van der Waals surface area contributed by atoms with Gasteiger partial charge in [-0.15, -0.1) is 10.2 Å². The lowest BCUT2D eigenvalue weighted by Gasteiger charge is -2.29. The van der Waals surface area contributed by atoms with Gasteiger partial charge in [0.05, 0.1) is 0 Å². The Bertz CT molecular complexity index is 652. The Labute approximate surface area is 143 Å². The molecule has 1 aromatic heterocycles. The minimum absolute atomic E-state index is 0.256. The highest BCUT2D eigenvalue weighted by atomic mass is 16.2. The van der Waals surface area contributed by atoms with Crippen LogP contribution in [0.1, 0.15) is 51.3 Å². The van der Waals surface area contributed by atoms with E-state index in [1.807, 2.05) is 34.9 Å². The van der Waals surface area contributed by atoms with Crippen LogP contribution in [0.2, 0.25) is 0 Å². The lowest BCUT2D eigenvalue weighted by atomic mass is 10.1. The molecule has 0 bridgehead atoms. The van der Waals surface area contributed by atoms with Gasteiger partial charge in [-0.1, -0.05) is 38.0 Å². The Morgan fingerprint density at radius 3 is 2.83 bits per heavy atom. The van der Waals surface area contributed by atoms with E-state index in [0.29, 0.717) is 18.9 Å². The van der Waals surface area contributed by atoms with E-state index in [2.05, 4.69) is 22.0 Å². The fourth-order valence-corrected chi connectivity index (χ4v) is 3.53. The van der Waals surface area contributed by atoms with E-state index in [1.54, 1.807) is 6.33 Å². The zero-order valence-electron chi connectivity index (χ0n) is 14.4. The number of carbonyl (C=O) groups is 1. The quantitative estimate of drug-likeness (QED) is 0.846. The molecule has 0 spiro atoms. The zero-order chi connectivity index (χ0) is 16.8. The highest BCUT2D eigenvalue weighted by Gasteiger charge is 2.24. The maximum atomic E-state index is 12.7. The van der Waals surface area contributed by atoms with Crippen LogP contribution in [0.3, 0.4) is 0 Å². The van der Waals surface area contributed by atoms with Crippen LogP contribution in [0.4, 0.5) is 0 Å². The molecule has 1 aliphatic rings. The van der Waals surface area contributed by atoms with Crippen molar-refractivity contribution in [1.29, 1.82) is 0 Å². The lowest BCUT2D eigenvalue weighted by molar-refractivity contribution is -0.133. The largest absolute Gasteiger partial charge is 0.340 e. The zero-order valence-corrected chi connectivity index (χ0v) is 14.4. The van der Waals surface area contributed by atoms with Crippen molar-refractivity contribution in [2.24, 2.45) is 0 Å². The number of benzene rings is 1. The molecule has 3 rings (SSSR count). The highest BCUT2D eigenvalue weighted by molar-refractivity contribution is 5.76. The molecular weight excluding hydrogens is 300 g/mol. The van der Waals surface area contributed by atoms with E-state index in [4.69, 9.17) is 0 Å². The van der Waals surface area contributed by atoms with Crippen molar-refractivity contribution >= 4 is 5.91 Å². The molecule has 24 heavy (non-hydrogen) atoms. The Kier molecular flexibility index (Phi) is 5.62. The van der Waals surface area contributed by atoms with E-state index in [0.717, 1.165) is 37.3 Å². The normalized spacial score (nSPS) is 18.4. The van der Waals surface area contributed by atoms with Gasteiger partial charge in [-0.05, 0) is 31.4 Å². The molecule has 2 aromatic rings. The number of para-hydroxylation sites is 1. The maximum Gasteiger partial charge on any atom is 0.223 e. The van der Waals surface area contributed by atoms with Crippen molar-refractivity contribution in [3.05, 3.63) is 42.5 Å². The monoisotopic (exact) mass is 326 g/mol. The predicted molar refractivity (Wildman–Crippen MR) is 93.9 cm³/mol. The third-order valence-corrected chi connectivity index (χ3v) is 4.88. The summed E-state index contributed by atoms with van der Waals surface area (Å²) in [5, 5.41) is 8.23. The minimum atomic E-state index is 0.256. The molecule has 0 aliphatic carbocycles. The van der Waals surface area contributed by atoms with Gasteiger partial charge in [-0.3, -0.25) is 9.36 Å². The average Bonchev–Trinajstić information content (AvgIpc) is 2.96. The molecule has 128 valence electrons. The molecule has 0 N–H and O–H groups in total. The Morgan fingerprint density at radius 2 is 2.04 bits per heavy atom. The van der Waals surface area contributed by atoms with E-state index >= 15 is 0 Å². The van der Waals surface area contributed by atoms with Crippen LogP contribution < -0.4 is 0 Å². The first-order valence-electron chi connectivity index (χ1n) is 9.03. The summed E-state index contributed by atoms with van der Waals surface area (Å²) in [6.07, 6.45) is 8.64. The van der Waals surface area contributed by atoms with Crippen LogP contribution in [0, 0.1) is 0 Å². The van der Waals surface area contributed by atoms with Crippen molar-refractivity contribution in [2.75, 3.05) is 6.54 Å². The molecule has 5 nitrogen and oxygen atoms in total. The number of aromatic nitrogens is 3. The number of carbonyl (C=O) groups excluding carboxylic acids is 1. The van der Waals surface area contributed by atoms with Gasteiger partial charge < -0.3 is 4.90 Å². The molecule has 5 heteroatoms. The molecule has 2 heterocycles. The van der Waals surface area contributed by atoms with Crippen molar-refractivity contribution < 1.29 is 4.79 Å². The number of likely N-dealkylation sites (tertiary alicyclic amines) is 1. The molecule has 1 atom stereocenters. The Morgan fingerprint density at radius 1 is 1.21 bits per heavy atom. The number of hydrogen-bond acceptors (Lipinski definition) is 3. The van der Waals surface area contributed by atoms with Crippen molar-refractivity contribution in [3.8, 4) is 5.69 Å². The Balaban J connectivity index is 1.65. The first-order valence-corrected chi connectivity index (χ1v) is 9.03. The number of aryl methyl sites for hydroxylation is 1. The first kappa shape index (κ1) is 16.7. The third-order valence-electron chi connectivity index (χ3n) is 4.88. The molecule has 0 radical (unpaired) electrons. The number of nitrogens with zero attached hydrogens (tertiary/aromatic N) is 4. The van der Waals surface area contributed by atoms with E-state index in [1.165, 1.54) is 12.8 Å². The molecule has 1 aliphatic heterocycles. The standard InChI is InChI=1S/C19H26N4O/c1-2-16-9-7-4-8-14-22(16)19(24)13-12-18-21-20-15-23(18)17-10-5-3-6-11-17/h3,5-6,10-11,15-16H,2,4,7-9,12-14H2,1H3/t16-/m0/s1. The van der Waals surface area contributed by atoms with Crippen molar-refractivity contribution in [3.63, 3.8) is 0 Å². The van der Waals surface area contributed by atoms with E-state index in [-0.39, 0.29) is 5.91 Å². The molecule has 1 amide bonds. The number of amides is 1. The fourth-order valence-electron chi connectivity index (χ4n) is 3.53. The van der Waals surface area contributed by atoms with Crippen LogP contribution in [0.5, 0.6) is 0 Å². The predicted octanol–water partition coefficient (Wildman–Crippen LogP) is 3.38. The smallest absolute Gasteiger partial charge is 0.223 e. The first-order chi connectivity index (χ1) is 11.8. The molecule has 1 saturated heterocycles. The van der Waals surface area contributed by atoms with Gasteiger partial charge in [0.15, 0.2) is 0 Å². The average molecular weight is 326 g/mol. The summed E-state index contributed by atoms with van der Waals surface area (Å²) in [5.41, 5.74) is 1.03. The van der Waals surface area contributed by atoms with Crippen LogP contribution >= 0.6 is 0 Å². The van der Waals surface area contributed by atoms with Gasteiger partial charge in [-0.25, -0.2) is 0 Å². The summed E-state index contributed by atoms with van der Waals surface area (Å²) in [6.45, 7) is 3.09. The summed E-state index contributed by atoms with van der Waals surface area (Å²) in [7, 11) is 0. The van der Waals surface area contributed by atoms with Gasteiger partial charge in [0.2, 0.25) is 5.91 Å². The SMILES string of the molecule is CC[C@H]1CCCCCN1C(=O)CCc1nncn1-c1ccccc1. The summed E-state index contributed by atoms with van der Waals surface area (Å²) in [5.74, 6) is 1.10. The molecule has 0 unspecified atom stereocenters. The fraction of sp³-hybridized carbons (Fsp3) is 0.526. The molecule has 1 fully saturated rings. The van der Waals surface area contributed by atoms with Gasteiger partial charge >= 0.3 is 0 Å². The van der Waals surface area contributed by atoms with Crippen LogP contribution in [-0.2, 0) is 11.2 Å². The van der Waals surface area contributed by atoms with Gasteiger partial charge in [0, 0.05) is 31.1 Å². The van der Waals surface area contributed by atoms with Crippen LogP contribution in [0.25, 0.3) is 5.69 Å². The molecule has 0 saturated carbocycles. The van der Waals surface area contributed by atoms with Gasteiger partial charge in [0.1, 0.15) is 12.2 Å². The summed E-state index contributed by atoms with van der Waals surface area (Å²) in [6, 6.07) is 10.4. The molecular formula is C19H26N4O. The second-order valence-corrected chi connectivity index (χ2v) is 6.45. The van der Waals surface area contributed by atoms with Gasteiger partial charge in [-0.2, -0.15) is 0 Å². The molecule has 1 aromatic carbocycles. The van der Waals surface area contributed by atoms with Gasteiger partial charge in [0.25, 0.3) is 0 Å². The van der Waals surface area contributed by atoms with E-state index in [9.17, 15) is 4.79 Å². The second-order valence-electron chi connectivity index (χ2n) is 6.45. The third kappa shape index (κ3) is 3.83. The second kappa shape index (κ2) is 8.08. The lowest BCUT2D eigenvalue weighted by Crippen LogP contribution is -2.39. The van der Waals surface area contributed by atoms with Crippen LogP contribution in [0.15, 0.2) is 36.7 Å². The maximum absolute atomic E-state index is 12.7. The Hall–Kier alpha value is -2.17. The number of rotatable bonds is 5. The topological polar surface area (TPSA) is 51.0 Å². The van der Waals surface area contributed by atoms with Crippen molar-refractivity contribution in [1.82, 2.24) is 19.7 Å². The van der Waals surface area contributed by atoms with Crippen LogP contribution in [-0.4, -0.2) is 38.2 Å². The summed E-state index contributed by atoms with van der Waals surface area (Å²) >= 11 is 0. The summed E-state index contributed by atoms with van der Waals surface area (Å²) < 4.78 is 1.97.